The second-order valence-electron chi connectivity index (χ2n) is 19.3. The molecule has 0 unspecified atom stereocenters. The molecule has 13 N–H and O–H groups in total. The summed E-state index contributed by atoms with van der Waals surface area (Å²) in [6.45, 7) is 7.37. The van der Waals surface area contributed by atoms with Crippen molar-refractivity contribution in [1.82, 2.24) is 36.8 Å². The Kier molecular flexibility index (Phi) is 22.8. The van der Waals surface area contributed by atoms with E-state index in [1.807, 2.05) is 13.8 Å². The zero-order valence-corrected chi connectivity index (χ0v) is 44.1. The lowest BCUT2D eigenvalue weighted by Crippen LogP contribution is -2.59. The number of rotatable bonds is 29. The van der Waals surface area contributed by atoms with Crippen LogP contribution in [0.4, 0.5) is 17.1 Å². The van der Waals surface area contributed by atoms with Gasteiger partial charge in [0.15, 0.2) is 5.96 Å². The van der Waals surface area contributed by atoms with Gasteiger partial charge in [0.2, 0.25) is 47.3 Å². The first-order chi connectivity index (χ1) is 36.8. The number of primary amides is 1. The van der Waals surface area contributed by atoms with Crippen LogP contribution in [-0.4, -0.2) is 138 Å². The standard InChI is InChI=1S/C49H68N14O15/c1-25(2)17-34(59-48(72)37-10-8-16-61(37)41(65)19-28-20-42(66)78-39-22-30(77-6)12-13-31(28)39)45(69)55-24-40(64)57-35(18-26(3)4)46(70)60-36(23-54-32-14-11-29(62(73)74)21-38(32)63(75)76)47(71)56-27(5)44(68)58-33(43(50)67)9-7-15-53-49(51)52/h11-14,20-22,25-27,33-37,54H,7-10,15-19,23-24H2,1-6H3,(H2,50,67)(H,55,69)(H,56,71)(H,57,64)(H,58,68)(H,59,72)(H,60,70)(H4,51,52,53)/t27-,33+,34+,35+,36-,37+/m1/s1. The highest BCUT2D eigenvalue weighted by atomic mass is 16.6. The number of ether oxygens (including phenoxy) is 1. The predicted octanol–water partition coefficient (Wildman–Crippen LogP) is -0.545. The first-order valence-corrected chi connectivity index (χ1v) is 25.0. The molecule has 2 aromatic carbocycles. The first kappa shape index (κ1) is 61.6. The number of carbonyl (C=O) groups is 8. The predicted molar refractivity (Wildman–Crippen MR) is 282 cm³/mol. The number of fused-ring (bicyclic) bond motifs is 1. The van der Waals surface area contributed by atoms with Crippen molar-refractivity contribution in [3.05, 3.63) is 78.7 Å². The van der Waals surface area contributed by atoms with Crippen LogP contribution in [0, 0.1) is 32.1 Å². The Balaban J connectivity index is 1.47. The van der Waals surface area contributed by atoms with Crippen molar-refractivity contribution in [3.8, 4) is 5.75 Å². The summed E-state index contributed by atoms with van der Waals surface area (Å²) in [7, 11) is 1.45. The Hall–Kier alpha value is -8.92. The van der Waals surface area contributed by atoms with Crippen LogP contribution in [0.1, 0.15) is 78.7 Å². The smallest absolute Gasteiger partial charge is 0.336 e. The molecular formula is C49H68N14O15. The highest BCUT2D eigenvalue weighted by molar-refractivity contribution is 5.97. The minimum atomic E-state index is -1.67. The second-order valence-corrected chi connectivity index (χ2v) is 19.3. The van der Waals surface area contributed by atoms with Gasteiger partial charge >= 0.3 is 5.63 Å². The van der Waals surface area contributed by atoms with Crippen LogP contribution in [0.2, 0.25) is 0 Å². The summed E-state index contributed by atoms with van der Waals surface area (Å²) in [5.41, 5.74) is 14.4. The average molecular weight is 1090 g/mol. The molecule has 1 saturated heterocycles. The summed E-state index contributed by atoms with van der Waals surface area (Å²) >= 11 is 0. The minimum absolute atomic E-state index is 0.0236. The minimum Gasteiger partial charge on any atom is -0.497 e. The van der Waals surface area contributed by atoms with Crippen LogP contribution >= 0.6 is 0 Å². The lowest BCUT2D eigenvalue weighted by atomic mass is 10.0. The van der Waals surface area contributed by atoms with E-state index in [0.29, 0.717) is 29.2 Å². The highest BCUT2D eigenvalue weighted by Gasteiger charge is 2.37. The van der Waals surface area contributed by atoms with Gasteiger partial charge in [-0.15, -0.1) is 0 Å². The number of anilines is 1. The van der Waals surface area contributed by atoms with Crippen LogP contribution in [0.3, 0.4) is 0 Å². The molecule has 2 heterocycles. The van der Waals surface area contributed by atoms with Gasteiger partial charge in [-0.1, -0.05) is 27.7 Å². The first-order valence-electron chi connectivity index (χ1n) is 25.0. The average Bonchev–Trinajstić information content (AvgIpc) is 3.92. The van der Waals surface area contributed by atoms with Crippen LogP contribution in [0.25, 0.3) is 11.0 Å². The van der Waals surface area contributed by atoms with E-state index in [0.717, 1.165) is 12.1 Å². The van der Waals surface area contributed by atoms with Crippen molar-refractivity contribution in [1.29, 1.82) is 0 Å². The molecule has 0 bridgehead atoms. The molecule has 1 aliphatic rings. The van der Waals surface area contributed by atoms with E-state index in [-0.39, 0.29) is 80.7 Å². The van der Waals surface area contributed by atoms with Gasteiger partial charge in [-0.2, -0.15) is 0 Å². The maximum Gasteiger partial charge on any atom is 0.336 e. The Morgan fingerprint density at radius 3 is 2.06 bits per heavy atom. The van der Waals surface area contributed by atoms with Crippen molar-refractivity contribution in [3.63, 3.8) is 0 Å². The summed E-state index contributed by atoms with van der Waals surface area (Å²) in [4.78, 5) is 147. The monoisotopic (exact) mass is 1090 g/mol. The normalized spacial score (nSPS) is 14.9. The fourth-order valence-electron chi connectivity index (χ4n) is 8.39. The molecule has 78 heavy (non-hydrogen) atoms. The Labute approximate surface area is 447 Å². The van der Waals surface area contributed by atoms with E-state index in [1.165, 1.54) is 31.1 Å². The Morgan fingerprint density at radius 2 is 1.45 bits per heavy atom. The fraction of sp³-hybridized carbons (Fsp3) is 0.510. The molecular weight excluding hydrogens is 1020 g/mol. The molecule has 0 spiro atoms. The molecule has 29 heteroatoms. The topological polar surface area (TPSA) is 440 Å². The SMILES string of the molecule is COc1ccc2c(CC(=O)N3CCC[C@H]3C(=O)N[C@@H](CC(C)C)C(=O)NCC(=O)N[C@@H](CC(C)C)C(=O)N[C@H](CNc3ccc([N+](=O)[O-])cc3[N+](=O)[O-])C(=O)N[C@H](C)C(=O)N[C@@H](CCCN=C(N)N)C(N)=O)cc(=O)oc2c1. The fourth-order valence-corrected chi connectivity index (χ4v) is 8.39. The van der Waals surface area contributed by atoms with Crippen LogP contribution in [-0.2, 0) is 44.8 Å². The summed E-state index contributed by atoms with van der Waals surface area (Å²) < 4.78 is 10.5. The lowest BCUT2D eigenvalue weighted by molar-refractivity contribution is -0.393. The third kappa shape index (κ3) is 18.4. The van der Waals surface area contributed by atoms with E-state index in [9.17, 15) is 63.4 Å². The van der Waals surface area contributed by atoms with Crippen LogP contribution < -0.4 is 64.8 Å². The number of guanidine groups is 1. The highest BCUT2D eigenvalue weighted by Crippen LogP contribution is 2.29. The number of amides is 8. The molecule has 1 fully saturated rings. The number of non-ortho nitro benzene ring substituents is 1. The molecule has 8 amide bonds. The number of nitro benzene ring substituents is 2. The van der Waals surface area contributed by atoms with Gasteiger partial charge in [-0.3, -0.25) is 63.6 Å². The van der Waals surface area contributed by atoms with Gasteiger partial charge in [0.1, 0.15) is 53.3 Å². The van der Waals surface area contributed by atoms with Gasteiger partial charge in [0, 0.05) is 43.2 Å². The summed E-state index contributed by atoms with van der Waals surface area (Å²) in [5, 5.41) is 41.5. The largest absolute Gasteiger partial charge is 0.497 e. The molecule has 0 saturated carbocycles. The summed E-state index contributed by atoms with van der Waals surface area (Å²) in [6.07, 6.45) is 0.905. The molecule has 6 atom stereocenters. The van der Waals surface area contributed by atoms with Crippen molar-refractivity contribution < 1.29 is 57.4 Å². The molecule has 29 nitrogen and oxygen atoms in total. The van der Waals surface area contributed by atoms with E-state index >= 15 is 0 Å². The summed E-state index contributed by atoms with van der Waals surface area (Å²) in [6, 6.07) is 0.961. The van der Waals surface area contributed by atoms with Crippen molar-refractivity contribution in [2.45, 2.75) is 116 Å². The Morgan fingerprint density at radius 1 is 0.795 bits per heavy atom. The van der Waals surface area contributed by atoms with Crippen molar-refractivity contribution in [2.75, 3.05) is 38.6 Å². The number of likely N-dealkylation sites (tertiary alicyclic amines) is 1. The maximum atomic E-state index is 14.1. The summed E-state index contributed by atoms with van der Waals surface area (Å²) in [5.74, 6) is -6.57. The molecule has 1 aliphatic heterocycles. The zero-order valence-electron chi connectivity index (χ0n) is 44.1. The Bertz CT molecular complexity index is 2820. The van der Waals surface area contributed by atoms with E-state index in [2.05, 4.69) is 42.2 Å². The number of aliphatic imine (C=N–C) groups is 1. The quantitative estimate of drug-likeness (QED) is 0.0104. The number of hydrogen-bond donors (Lipinski definition) is 10. The zero-order chi connectivity index (χ0) is 58.0. The van der Waals surface area contributed by atoms with Gasteiger partial charge in [0.05, 0.1) is 36.0 Å². The number of methoxy groups -OCH3 is 1. The van der Waals surface area contributed by atoms with Gasteiger partial charge in [0.25, 0.3) is 11.4 Å². The second kappa shape index (κ2) is 28.8. The molecule has 3 aromatic rings. The number of nitro groups is 2. The van der Waals surface area contributed by atoms with E-state index < -0.39 is 123 Å². The number of benzene rings is 2. The maximum absolute atomic E-state index is 14.1. The van der Waals surface area contributed by atoms with E-state index in [4.69, 9.17) is 26.4 Å². The number of nitrogens with two attached hydrogens (primary N) is 3. The van der Waals surface area contributed by atoms with Gasteiger partial charge in [-0.05, 0) is 81.0 Å². The molecule has 1 aromatic heterocycles. The number of nitrogens with one attached hydrogen (secondary N) is 7. The van der Waals surface area contributed by atoms with E-state index in [1.54, 1.807) is 26.0 Å². The lowest BCUT2D eigenvalue weighted by Gasteiger charge is -2.27. The number of carbonyl (C=O) groups excluding carboxylic acids is 8. The van der Waals surface area contributed by atoms with Gasteiger partial charge in [-0.25, -0.2) is 4.79 Å². The third-order valence-electron chi connectivity index (χ3n) is 12.3. The molecule has 424 valence electrons. The van der Waals surface area contributed by atoms with Crippen molar-refractivity contribution >= 4 is 81.2 Å². The van der Waals surface area contributed by atoms with Crippen LogP contribution in [0.15, 0.2) is 56.7 Å². The van der Waals surface area contributed by atoms with Crippen molar-refractivity contribution in [2.24, 2.45) is 34.0 Å². The van der Waals surface area contributed by atoms with Gasteiger partial charge < -0.3 is 68.5 Å². The molecule has 4 rings (SSSR count). The van der Waals surface area contributed by atoms with Crippen LogP contribution in [0.5, 0.6) is 5.75 Å². The number of hydrogen-bond acceptors (Lipinski definition) is 17. The molecule has 0 radical (unpaired) electrons. The molecule has 0 aliphatic carbocycles. The third-order valence-corrected chi connectivity index (χ3v) is 12.3. The number of nitrogens with zero attached hydrogens (tertiary/aromatic N) is 4.